The maximum atomic E-state index is 3.85. The fourth-order valence-electron chi connectivity index (χ4n) is 0.206. The minimum absolute atomic E-state index is 0. The van der Waals surface area contributed by atoms with Crippen LogP contribution in [0.1, 0.15) is 0 Å². The van der Waals surface area contributed by atoms with Crippen LogP contribution < -0.4 is 6.15 Å². The number of rotatable bonds is 0. The SMILES string of the molecule is Brc1nccs1.[N]. The first-order chi connectivity index (χ1) is 2.89. The molecule has 0 aliphatic rings. The van der Waals surface area contributed by atoms with Crippen molar-refractivity contribution in [2.24, 2.45) is 0 Å². The van der Waals surface area contributed by atoms with Crippen molar-refractivity contribution in [3.63, 3.8) is 0 Å². The smallest absolute Gasteiger partial charge is 0.159 e. The molecule has 2 nitrogen and oxygen atoms in total. The largest absolute Gasteiger partial charge is 0.238 e. The lowest BCUT2D eigenvalue weighted by molar-refractivity contribution is 1.38. The van der Waals surface area contributed by atoms with E-state index < -0.39 is 0 Å². The van der Waals surface area contributed by atoms with Crippen molar-refractivity contribution in [1.82, 2.24) is 11.1 Å². The molecular formula is C3H2BrN2S. The van der Waals surface area contributed by atoms with Gasteiger partial charge in [0.05, 0.1) is 0 Å². The zero-order valence-electron chi connectivity index (χ0n) is 3.34. The van der Waals surface area contributed by atoms with E-state index in [2.05, 4.69) is 20.9 Å². The number of halogens is 1. The van der Waals surface area contributed by atoms with E-state index >= 15 is 0 Å². The van der Waals surface area contributed by atoms with Gasteiger partial charge in [-0.3, -0.25) is 0 Å². The van der Waals surface area contributed by atoms with Crippen LogP contribution >= 0.6 is 27.3 Å². The highest BCUT2D eigenvalue weighted by atomic mass is 79.9. The summed E-state index contributed by atoms with van der Waals surface area (Å²) in [5.74, 6) is 0. The molecule has 1 aromatic rings. The predicted molar refractivity (Wildman–Crippen MR) is 31.9 cm³/mol. The van der Waals surface area contributed by atoms with Gasteiger partial charge in [-0.1, -0.05) is 0 Å². The summed E-state index contributed by atoms with van der Waals surface area (Å²) in [6.07, 6.45) is 1.76. The second kappa shape index (κ2) is 3.12. The van der Waals surface area contributed by atoms with Gasteiger partial charge >= 0.3 is 0 Å². The molecule has 37 valence electrons. The highest BCUT2D eigenvalue weighted by Gasteiger charge is 1.79. The van der Waals surface area contributed by atoms with E-state index in [0.29, 0.717) is 0 Å². The van der Waals surface area contributed by atoms with Gasteiger partial charge in [-0.15, -0.1) is 11.3 Å². The van der Waals surface area contributed by atoms with Crippen LogP contribution in [0.15, 0.2) is 15.5 Å². The van der Waals surface area contributed by atoms with Crippen molar-refractivity contribution in [3.05, 3.63) is 15.5 Å². The third kappa shape index (κ3) is 2.01. The molecule has 0 spiro atoms. The Labute approximate surface area is 54.3 Å². The molecule has 1 aromatic heterocycles. The van der Waals surface area contributed by atoms with E-state index in [1.165, 1.54) is 0 Å². The van der Waals surface area contributed by atoms with Gasteiger partial charge < -0.3 is 0 Å². The van der Waals surface area contributed by atoms with Gasteiger partial charge in [0.15, 0.2) is 3.92 Å². The van der Waals surface area contributed by atoms with Gasteiger partial charge in [-0.05, 0) is 15.9 Å². The Morgan fingerprint density at radius 3 is 2.57 bits per heavy atom. The lowest BCUT2D eigenvalue weighted by atomic mass is 11.0. The molecule has 0 aliphatic heterocycles. The van der Waals surface area contributed by atoms with Crippen LogP contribution in [0.5, 0.6) is 0 Å². The Hall–Kier alpha value is 0.0700. The summed E-state index contributed by atoms with van der Waals surface area (Å²) in [5.41, 5.74) is 0. The number of aromatic nitrogens is 1. The summed E-state index contributed by atoms with van der Waals surface area (Å²) in [4.78, 5) is 3.85. The Kier molecular flexibility index (Phi) is 3.15. The van der Waals surface area contributed by atoms with Crippen molar-refractivity contribution in [1.29, 1.82) is 0 Å². The first-order valence-corrected chi connectivity index (χ1v) is 3.12. The molecular weight excluding hydrogens is 176 g/mol. The molecule has 0 aliphatic carbocycles. The maximum Gasteiger partial charge on any atom is 0.159 e. The molecule has 0 saturated carbocycles. The zero-order valence-corrected chi connectivity index (χ0v) is 5.74. The van der Waals surface area contributed by atoms with Gasteiger partial charge in [-0.25, -0.2) is 4.98 Å². The summed E-state index contributed by atoms with van der Waals surface area (Å²) < 4.78 is 0.947. The molecule has 1 heterocycles. The Bertz CT molecular complexity index is 116. The van der Waals surface area contributed by atoms with Crippen molar-refractivity contribution in [2.45, 2.75) is 0 Å². The second-order valence-electron chi connectivity index (χ2n) is 0.785. The topological polar surface area (TPSA) is 43.4 Å². The van der Waals surface area contributed by atoms with Crippen LogP contribution in [0, 0.1) is 0 Å². The molecule has 7 heavy (non-hydrogen) atoms. The van der Waals surface area contributed by atoms with Crippen LogP contribution in [0.4, 0.5) is 0 Å². The van der Waals surface area contributed by atoms with Crippen molar-refractivity contribution in [2.75, 3.05) is 0 Å². The zero-order chi connectivity index (χ0) is 4.41. The third-order valence-corrected chi connectivity index (χ3v) is 1.73. The molecule has 1 rings (SSSR count). The number of hydrogen-bond acceptors (Lipinski definition) is 2. The average Bonchev–Trinajstić information content (AvgIpc) is 1.86. The van der Waals surface area contributed by atoms with Crippen molar-refractivity contribution < 1.29 is 0 Å². The van der Waals surface area contributed by atoms with Gasteiger partial charge in [0, 0.05) is 17.7 Å². The van der Waals surface area contributed by atoms with E-state index in [1.54, 1.807) is 17.5 Å². The fraction of sp³-hybridized carbons (Fsp3) is 0. The summed E-state index contributed by atoms with van der Waals surface area (Å²) in [6.45, 7) is 0. The minimum Gasteiger partial charge on any atom is -0.238 e. The van der Waals surface area contributed by atoms with E-state index in [-0.39, 0.29) is 6.15 Å². The standard InChI is InChI=1S/C3H2BrNS.N/c4-3-5-1-2-6-3;/h1-2H;. The highest BCUT2D eigenvalue weighted by molar-refractivity contribution is 9.11. The van der Waals surface area contributed by atoms with E-state index in [1.807, 2.05) is 5.38 Å². The molecule has 0 bridgehead atoms. The Morgan fingerprint density at radius 2 is 2.43 bits per heavy atom. The summed E-state index contributed by atoms with van der Waals surface area (Å²) in [5, 5.41) is 1.92. The molecule has 0 fully saturated rings. The van der Waals surface area contributed by atoms with Gasteiger partial charge in [0.2, 0.25) is 0 Å². The summed E-state index contributed by atoms with van der Waals surface area (Å²) >= 11 is 4.77. The summed E-state index contributed by atoms with van der Waals surface area (Å²) in [7, 11) is 0. The van der Waals surface area contributed by atoms with Crippen molar-refractivity contribution >= 4 is 27.3 Å². The van der Waals surface area contributed by atoms with Gasteiger partial charge in [0.1, 0.15) is 0 Å². The molecule has 4 heteroatoms. The van der Waals surface area contributed by atoms with Crippen LogP contribution in [-0.2, 0) is 0 Å². The lowest BCUT2D eigenvalue weighted by Crippen LogP contribution is -1.47. The molecule has 0 aromatic carbocycles. The third-order valence-electron chi connectivity index (χ3n) is 0.402. The van der Waals surface area contributed by atoms with E-state index in [9.17, 15) is 0 Å². The monoisotopic (exact) mass is 177 g/mol. The molecule has 0 atom stereocenters. The first-order valence-electron chi connectivity index (χ1n) is 1.44. The number of nitrogens with zero attached hydrogens (tertiary/aromatic N) is 2. The highest BCUT2D eigenvalue weighted by Crippen LogP contribution is 2.10. The quantitative estimate of drug-likeness (QED) is 0.592. The summed E-state index contributed by atoms with van der Waals surface area (Å²) in [6, 6.07) is 0. The number of hydrogen-bond donors (Lipinski definition) is 0. The van der Waals surface area contributed by atoms with Crippen LogP contribution in [0.25, 0.3) is 0 Å². The van der Waals surface area contributed by atoms with Crippen LogP contribution in [-0.4, -0.2) is 4.98 Å². The Morgan fingerprint density at radius 1 is 1.71 bits per heavy atom. The van der Waals surface area contributed by atoms with E-state index in [4.69, 9.17) is 0 Å². The number of thiazole rings is 1. The maximum absolute atomic E-state index is 3.85. The van der Waals surface area contributed by atoms with Gasteiger partial charge in [-0.2, -0.15) is 0 Å². The molecule has 0 amide bonds. The minimum atomic E-state index is 0. The molecule has 0 unspecified atom stereocenters. The second-order valence-corrected chi connectivity index (χ2v) is 2.96. The molecule has 0 saturated heterocycles. The average molecular weight is 178 g/mol. The fourth-order valence-corrected chi connectivity index (χ4v) is 1.00. The van der Waals surface area contributed by atoms with Crippen molar-refractivity contribution in [3.8, 4) is 0 Å². The first kappa shape index (κ1) is 7.07. The lowest BCUT2D eigenvalue weighted by Gasteiger charge is -1.61. The van der Waals surface area contributed by atoms with Gasteiger partial charge in [0.25, 0.3) is 0 Å². The van der Waals surface area contributed by atoms with E-state index in [0.717, 1.165) is 3.92 Å². The Balaban J connectivity index is 0.000000360. The predicted octanol–water partition coefficient (Wildman–Crippen LogP) is 1.43. The normalized spacial score (nSPS) is 7.57. The van der Waals surface area contributed by atoms with Crippen LogP contribution in [0.3, 0.4) is 0 Å². The molecule has 0 N–H and O–H groups in total. The van der Waals surface area contributed by atoms with Crippen LogP contribution in [0.2, 0.25) is 0 Å². The molecule has 3 radical (unpaired) electrons.